The second-order valence-electron chi connectivity index (χ2n) is 6.44. The molecule has 3 aromatic rings. The van der Waals surface area contributed by atoms with Crippen molar-refractivity contribution in [3.63, 3.8) is 0 Å². The number of nitrogens with one attached hydrogen (secondary N) is 1. The van der Waals surface area contributed by atoms with Crippen LogP contribution in [0.2, 0.25) is 0 Å². The van der Waals surface area contributed by atoms with Crippen LogP contribution < -0.4 is 10.1 Å². The molecule has 0 fully saturated rings. The summed E-state index contributed by atoms with van der Waals surface area (Å²) < 4.78 is 5.70. The molecule has 26 heavy (non-hydrogen) atoms. The summed E-state index contributed by atoms with van der Waals surface area (Å²) in [5.74, 6) is 0.825. The number of benzene rings is 3. The normalized spacial score (nSPS) is 10.7. The molecule has 1 N–H and O–H groups in total. The Bertz CT molecular complexity index is 850. The lowest BCUT2D eigenvalue weighted by Crippen LogP contribution is -2.14. The van der Waals surface area contributed by atoms with E-state index >= 15 is 0 Å². The van der Waals surface area contributed by atoms with Crippen molar-refractivity contribution in [3.8, 4) is 5.75 Å². The molecule has 3 nitrogen and oxygen atoms in total. The van der Waals surface area contributed by atoms with Gasteiger partial charge in [0.15, 0.2) is 0 Å². The van der Waals surface area contributed by atoms with Crippen LogP contribution in [-0.4, -0.2) is 12.5 Å². The van der Waals surface area contributed by atoms with Crippen molar-refractivity contribution in [2.75, 3.05) is 11.9 Å². The van der Waals surface area contributed by atoms with E-state index in [1.54, 1.807) is 0 Å². The van der Waals surface area contributed by atoms with Gasteiger partial charge in [-0.15, -0.1) is 0 Å². The lowest BCUT2D eigenvalue weighted by atomic mass is 10.0. The molecule has 0 atom stereocenters. The van der Waals surface area contributed by atoms with E-state index in [-0.39, 0.29) is 5.91 Å². The first-order valence-electron chi connectivity index (χ1n) is 9.25. The molecule has 0 aliphatic carbocycles. The maximum Gasteiger partial charge on any atom is 0.228 e. The van der Waals surface area contributed by atoms with Crippen LogP contribution in [0.25, 0.3) is 10.8 Å². The van der Waals surface area contributed by atoms with Crippen molar-refractivity contribution < 1.29 is 9.53 Å². The van der Waals surface area contributed by atoms with Gasteiger partial charge in [0.25, 0.3) is 0 Å². The zero-order valence-corrected chi connectivity index (χ0v) is 15.2. The van der Waals surface area contributed by atoms with Crippen molar-refractivity contribution in [3.05, 3.63) is 72.3 Å². The lowest BCUT2D eigenvalue weighted by molar-refractivity contribution is -0.115. The average molecular weight is 347 g/mol. The van der Waals surface area contributed by atoms with Crippen molar-refractivity contribution in [2.45, 2.75) is 32.6 Å². The van der Waals surface area contributed by atoms with E-state index in [1.165, 1.54) is 12.8 Å². The summed E-state index contributed by atoms with van der Waals surface area (Å²) in [6.07, 6.45) is 3.80. The highest BCUT2D eigenvalue weighted by atomic mass is 16.5. The highest BCUT2D eigenvalue weighted by molar-refractivity contribution is 5.96. The summed E-state index contributed by atoms with van der Waals surface area (Å²) in [4.78, 5) is 12.4. The van der Waals surface area contributed by atoms with Crippen LogP contribution >= 0.6 is 0 Å². The topological polar surface area (TPSA) is 38.3 Å². The minimum atomic E-state index is -0.0158. The Balaban J connectivity index is 1.57. The molecule has 134 valence electrons. The first-order chi connectivity index (χ1) is 12.8. The Hall–Kier alpha value is -2.81. The van der Waals surface area contributed by atoms with Crippen LogP contribution in [0.3, 0.4) is 0 Å². The van der Waals surface area contributed by atoms with Gasteiger partial charge in [0, 0.05) is 5.69 Å². The van der Waals surface area contributed by atoms with Gasteiger partial charge < -0.3 is 10.1 Å². The fourth-order valence-electron chi connectivity index (χ4n) is 3.00. The molecule has 0 bridgehead atoms. The highest BCUT2D eigenvalue weighted by Gasteiger charge is 2.07. The zero-order valence-electron chi connectivity index (χ0n) is 15.2. The lowest BCUT2D eigenvalue weighted by Gasteiger charge is -2.09. The summed E-state index contributed by atoms with van der Waals surface area (Å²) in [6, 6.07) is 21.8. The summed E-state index contributed by atoms with van der Waals surface area (Å²) in [5.41, 5.74) is 1.83. The molecule has 0 aliphatic heterocycles. The van der Waals surface area contributed by atoms with E-state index in [1.807, 2.05) is 48.5 Å². The van der Waals surface area contributed by atoms with E-state index < -0.39 is 0 Å². The van der Waals surface area contributed by atoms with E-state index in [4.69, 9.17) is 4.74 Å². The monoisotopic (exact) mass is 347 g/mol. The minimum absolute atomic E-state index is 0.0158. The number of rotatable bonds is 8. The molecule has 0 aliphatic rings. The quantitative estimate of drug-likeness (QED) is 0.539. The Morgan fingerprint density at radius 3 is 2.50 bits per heavy atom. The Kier molecular flexibility index (Phi) is 6.26. The minimum Gasteiger partial charge on any atom is -0.494 e. The van der Waals surface area contributed by atoms with Crippen molar-refractivity contribution >= 4 is 22.4 Å². The third-order valence-electron chi connectivity index (χ3n) is 4.39. The maximum atomic E-state index is 12.4. The second kappa shape index (κ2) is 9.04. The van der Waals surface area contributed by atoms with Crippen molar-refractivity contribution in [1.82, 2.24) is 0 Å². The predicted octanol–water partition coefficient (Wildman–Crippen LogP) is 5.59. The molecule has 1 amide bonds. The van der Waals surface area contributed by atoms with Crippen LogP contribution in [0, 0.1) is 0 Å². The number of fused-ring (bicyclic) bond motifs is 1. The Morgan fingerprint density at radius 1 is 0.923 bits per heavy atom. The van der Waals surface area contributed by atoms with Gasteiger partial charge in [-0.2, -0.15) is 0 Å². The first kappa shape index (κ1) is 18.0. The maximum absolute atomic E-state index is 12.4. The summed E-state index contributed by atoms with van der Waals surface area (Å²) >= 11 is 0. The third kappa shape index (κ3) is 4.85. The molecule has 0 saturated heterocycles. The Morgan fingerprint density at radius 2 is 1.69 bits per heavy atom. The Labute approximate surface area is 155 Å². The van der Waals surface area contributed by atoms with Gasteiger partial charge in [0.2, 0.25) is 5.91 Å². The molecular weight excluding hydrogens is 322 g/mol. The van der Waals surface area contributed by atoms with Crippen LogP contribution in [0.4, 0.5) is 5.69 Å². The molecule has 3 rings (SSSR count). The van der Waals surface area contributed by atoms with Gasteiger partial charge in [0.05, 0.1) is 13.0 Å². The van der Waals surface area contributed by atoms with Gasteiger partial charge in [-0.25, -0.2) is 0 Å². The third-order valence-corrected chi connectivity index (χ3v) is 4.39. The van der Waals surface area contributed by atoms with E-state index in [0.29, 0.717) is 6.42 Å². The van der Waals surface area contributed by atoms with Crippen LogP contribution in [0.1, 0.15) is 31.7 Å². The number of carbonyl (C=O) groups excluding carboxylic acids is 1. The summed E-state index contributed by atoms with van der Waals surface area (Å²) in [5, 5.41) is 5.25. The van der Waals surface area contributed by atoms with E-state index in [9.17, 15) is 4.79 Å². The van der Waals surface area contributed by atoms with Crippen LogP contribution in [-0.2, 0) is 11.2 Å². The van der Waals surface area contributed by atoms with Gasteiger partial charge >= 0.3 is 0 Å². The molecule has 3 heteroatoms. The van der Waals surface area contributed by atoms with Crippen molar-refractivity contribution in [2.24, 2.45) is 0 Å². The molecule has 3 aromatic carbocycles. The smallest absolute Gasteiger partial charge is 0.228 e. The van der Waals surface area contributed by atoms with Gasteiger partial charge in [-0.05, 0) is 47.0 Å². The highest BCUT2D eigenvalue weighted by Crippen LogP contribution is 2.20. The molecule has 0 aromatic heterocycles. The SMILES string of the molecule is CCCCCOc1ccc(NC(=O)Cc2cccc3ccccc23)cc1. The number of amides is 1. The van der Waals surface area contributed by atoms with E-state index in [2.05, 4.69) is 30.4 Å². The molecule has 0 spiro atoms. The zero-order chi connectivity index (χ0) is 18.2. The standard InChI is InChI=1S/C23H25NO2/c1-2-3-6-16-26-21-14-12-20(13-15-21)24-23(25)17-19-10-7-9-18-8-4-5-11-22(18)19/h4-5,7-15H,2-3,6,16-17H2,1H3,(H,24,25). The van der Waals surface area contributed by atoms with Crippen LogP contribution in [0.5, 0.6) is 5.75 Å². The number of carbonyl (C=O) groups is 1. The molecular formula is C23H25NO2. The number of hydrogen-bond acceptors (Lipinski definition) is 2. The number of hydrogen-bond donors (Lipinski definition) is 1. The molecule has 0 unspecified atom stereocenters. The molecule has 0 heterocycles. The number of unbranched alkanes of at least 4 members (excludes halogenated alkanes) is 2. The fourth-order valence-corrected chi connectivity index (χ4v) is 3.00. The summed E-state index contributed by atoms with van der Waals surface area (Å²) in [7, 11) is 0. The average Bonchev–Trinajstić information content (AvgIpc) is 2.67. The number of ether oxygens (including phenoxy) is 1. The van der Waals surface area contributed by atoms with Gasteiger partial charge in [0.1, 0.15) is 5.75 Å². The fraction of sp³-hybridized carbons (Fsp3) is 0.261. The largest absolute Gasteiger partial charge is 0.494 e. The molecule has 0 saturated carbocycles. The van der Waals surface area contributed by atoms with Gasteiger partial charge in [-0.1, -0.05) is 62.2 Å². The summed E-state index contributed by atoms with van der Waals surface area (Å²) in [6.45, 7) is 2.91. The predicted molar refractivity (Wildman–Crippen MR) is 108 cm³/mol. The van der Waals surface area contributed by atoms with Crippen LogP contribution in [0.15, 0.2) is 66.7 Å². The van der Waals surface area contributed by atoms with E-state index in [0.717, 1.165) is 40.8 Å². The van der Waals surface area contributed by atoms with Crippen molar-refractivity contribution in [1.29, 1.82) is 0 Å². The van der Waals surface area contributed by atoms with Gasteiger partial charge in [-0.3, -0.25) is 4.79 Å². The second-order valence-corrected chi connectivity index (χ2v) is 6.44. The number of anilines is 1. The molecule has 0 radical (unpaired) electrons. The first-order valence-corrected chi connectivity index (χ1v) is 9.25.